The summed E-state index contributed by atoms with van der Waals surface area (Å²) in [5.41, 5.74) is 2.50. The van der Waals surface area contributed by atoms with Crippen LogP contribution in [-0.4, -0.2) is 10.2 Å². The standard InChI is InChI=1S/C17H25N3/c1-4-14(5-2)17(15-9-7-6-8-10-15)19-13(3)16-11-12-18-20-16/h6-14,17,19H,4-5H2,1-3H3,(H,18,20). The van der Waals surface area contributed by atoms with Crippen LogP contribution in [0, 0.1) is 5.92 Å². The monoisotopic (exact) mass is 271 g/mol. The number of aromatic nitrogens is 2. The number of nitrogens with zero attached hydrogens (tertiary/aromatic N) is 1. The first kappa shape index (κ1) is 14.8. The second-order valence-corrected chi connectivity index (χ2v) is 5.37. The molecule has 0 fully saturated rings. The van der Waals surface area contributed by atoms with E-state index in [2.05, 4.69) is 66.6 Å². The fourth-order valence-electron chi connectivity index (χ4n) is 2.79. The molecule has 2 atom stereocenters. The minimum atomic E-state index is 0.267. The fraction of sp³-hybridized carbons (Fsp3) is 0.471. The van der Waals surface area contributed by atoms with Crippen molar-refractivity contribution in [2.45, 2.75) is 45.7 Å². The largest absolute Gasteiger partial charge is 0.302 e. The average molecular weight is 271 g/mol. The van der Waals surface area contributed by atoms with E-state index >= 15 is 0 Å². The summed E-state index contributed by atoms with van der Waals surface area (Å²) < 4.78 is 0. The Hall–Kier alpha value is -1.61. The lowest BCUT2D eigenvalue weighted by Crippen LogP contribution is -2.30. The maximum absolute atomic E-state index is 4.04. The van der Waals surface area contributed by atoms with Crippen LogP contribution in [0.4, 0.5) is 0 Å². The van der Waals surface area contributed by atoms with Crippen molar-refractivity contribution in [3.8, 4) is 0 Å². The molecular formula is C17H25N3. The van der Waals surface area contributed by atoms with Crippen molar-refractivity contribution in [1.82, 2.24) is 15.5 Å². The van der Waals surface area contributed by atoms with Crippen molar-refractivity contribution in [1.29, 1.82) is 0 Å². The third-order valence-corrected chi connectivity index (χ3v) is 4.10. The van der Waals surface area contributed by atoms with E-state index in [1.807, 2.05) is 12.3 Å². The van der Waals surface area contributed by atoms with Gasteiger partial charge in [0.25, 0.3) is 0 Å². The van der Waals surface area contributed by atoms with Gasteiger partial charge in [-0.15, -0.1) is 0 Å². The number of H-pyrrole nitrogens is 1. The molecule has 0 aliphatic heterocycles. The van der Waals surface area contributed by atoms with E-state index in [-0.39, 0.29) is 6.04 Å². The van der Waals surface area contributed by atoms with Crippen molar-refractivity contribution in [2.24, 2.45) is 5.92 Å². The molecule has 0 amide bonds. The van der Waals surface area contributed by atoms with Gasteiger partial charge in [0, 0.05) is 18.3 Å². The van der Waals surface area contributed by atoms with E-state index < -0.39 is 0 Å². The van der Waals surface area contributed by atoms with Gasteiger partial charge in [-0.05, 0) is 24.5 Å². The average Bonchev–Trinajstić information content (AvgIpc) is 3.02. The van der Waals surface area contributed by atoms with Crippen LogP contribution in [-0.2, 0) is 0 Å². The minimum Gasteiger partial charge on any atom is -0.302 e. The zero-order chi connectivity index (χ0) is 14.4. The second-order valence-electron chi connectivity index (χ2n) is 5.37. The molecule has 2 aromatic rings. The molecule has 2 rings (SSSR count). The van der Waals surface area contributed by atoms with Crippen LogP contribution in [0.25, 0.3) is 0 Å². The summed E-state index contributed by atoms with van der Waals surface area (Å²) in [6.45, 7) is 6.73. The lowest BCUT2D eigenvalue weighted by molar-refractivity contribution is 0.314. The Morgan fingerprint density at radius 2 is 1.80 bits per heavy atom. The predicted octanol–water partition coefficient (Wildman–Crippen LogP) is 4.24. The normalized spacial score (nSPS) is 14.4. The van der Waals surface area contributed by atoms with Gasteiger partial charge >= 0.3 is 0 Å². The predicted molar refractivity (Wildman–Crippen MR) is 83.4 cm³/mol. The SMILES string of the molecule is CCC(CC)C(NC(C)c1ccn[nH]1)c1ccccc1. The van der Waals surface area contributed by atoms with Crippen molar-refractivity contribution >= 4 is 0 Å². The Labute approximate surface area is 121 Å². The van der Waals surface area contributed by atoms with Gasteiger partial charge in [0.1, 0.15) is 0 Å². The maximum Gasteiger partial charge on any atom is 0.0518 e. The summed E-state index contributed by atoms with van der Waals surface area (Å²) >= 11 is 0. The highest BCUT2D eigenvalue weighted by Gasteiger charge is 2.22. The molecule has 0 saturated heterocycles. The number of hydrogen-bond acceptors (Lipinski definition) is 2. The summed E-state index contributed by atoms with van der Waals surface area (Å²) in [7, 11) is 0. The smallest absolute Gasteiger partial charge is 0.0518 e. The van der Waals surface area contributed by atoms with Gasteiger partial charge in [-0.2, -0.15) is 5.10 Å². The first-order valence-electron chi connectivity index (χ1n) is 7.56. The molecule has 0 saturated carbocycles. The van der Waals surface area contributed by atoms with Crippen LogP contribution in [0.1, 0.15) is 57.0 Å². The van der Waals surface area contributed by atoms with Crippen LogP contribution < -0.4 is 5.32 Å². The van der Waals surface area contributed by atoms with Gasteiger partial charge in [-0.25, -0.2) is 0 Å². The number of rotatable bonds is 7. The van der Waals surface area contributed by atoms with E-state index in [0.717, 1.165) is 5.69 Å². The molecule has 3 nitrogen and oxygen atoms in total. The highest BCUT2D eigenvalue weighted by atomic mass is 15.1. The third kappa shape index (κ3) is 3.48. The second kappa shape index (κ2) is 7.25. The topological polar surface area (TPSA) is 40.7 Å². The van der Waals surface area contributed by atoms with Gasteiger partial charge in [0.15, 0.2) is 0 Å². The molecule has 2 unspecified atom stereocenters. The van der Waals surface area contributed by atoms with Gasteiger partial charge in [-0.1, -0.05) is 57.0 Å². The van der Waals surface area contributed by atoms with E-state index in [1.54, 1.807) is 0 Å². The van der Waals surface area contributed by atoms with Crippen LogP contribution in [0.15, 0.2) is 42.6 Å². The Bertz CT molecular complexity index is 474. The molecule has 0 spiro atoms. The first-order valence-corrected chi connectivity index (χ1v) is 7.56. The zero-order valence-corrected chi connectivity index (χ0v) is 12.6. The zero-order valence-electron chi connectivity index (χ0n) is 12.6. The maximum atomic E-state index is 4.04. The lowest BCUT2D eigenvalue weighted by atomic mass is 9.88. The molecule has 3 heteroatoms. The molecule has 20 heavy (non-hydrogen) atoms. The molecule has 1 aromatic heterocycles. The van der Waals surface area contributed by atoms with Crippen molar-refractivity contribution in [2.75, 3.05) is 0 Å². The fourth-order valence-corrected chi connectivity index (χ4v) is 2.79. The molecule has 0 bridgehead atoms. The van der Waals surface area contributed by atoms with E-state index in [1.165, 1.54) is 18.4 Å². The quantitative estimate of drug-likeness (QED) is 0.791. The molecule has 1 heterocycles. The van der Waals surface area contributed by atoms with Gasteiger partial charge < -0.3 is 5.32 Å². The highest BCUT2D eigenvalue weighted by molar-refractivity contribution is 5.20. The van der Waals surface area contributed by atoms with Crippen molar-refractivity contribution in [3.05, 3.63) is 53.9 Å². The van der Waals surface area contributed by atoms with Crippen LogP contribution in [0.3, 0.4) is 0 Å². The Balaban J connectivity index is 2.18. The lowest BCUT2D eigenvalue weighted by Gasteiger charge is -2.29. The summed E-state index contributed by atoms with van der Waals surface area (Å²) in [4.78, 5) is 0. The molecule has 2 N–H and O–H groups in total. The van der Waals surface area contributed by atoms with Gasteiger partial charge in [0.2, 0.25) is 0 Å². The van der Waals surface area contributed by atoms with E-state index in [0.29, 0.717) is 12.0 Å². The Morgan fingerprint density at radius 3 is 2.35 bits per heavy atom. The third-order valence-electron chi connectivity index (χ3n) is 4.10. The van der Waals surface area contributed by atoms with Gasteiger partial charge in [-0.3, -0.25) is 5.10 Å². The Kier molecular flexibility index (Phi) is 5.36. The van der Waals surface area contributed by atoms with Crippen LogP contribution in [0.5, 0.6) is 0 Å². The number of aromatic amines is 1. The first-order chi connectivity index (χ1) is 9.76. The summed E-state index contributed by atoms with van der Waals surface area (Å²) in [5.74, 6) is 0.641. The Morgan fingerprint density at radius 1 is 1.10 bits per heavy atom. The van der Waals surface area contributed by atoms with Gasteiger partial charge in [0.05, 0.1) is 5.69 Å². The summed E-state index contributed by atoms with van der Waals surface area (Å²) in [5, 5.41) is 10.9. The molecule has 0 aliphatic rings. The van der Waals surface area contributed by atoms with Crippen LogP contribution in [0.2, 0.25) is 0 Å². The molecule has 0 aliphatic carbocycles. The molecule has 108 valence electrons. The molecular weight excluding hydrogens is 246 g/mol. The summed E-state index contributed by atoms with van der Waals surface area (Å²) in [6, 6.07) is 13.4. The highest BCUT2D eigenvalue weighted by Crippen LogP contribution is 2.29. The number of hydrogen-bond donors (Lipinski definition) is 2. The summed E-state index contributed by atoms with van der Waals surface area (Å²) in [6.07, 6.45) is 4.17. The van der Waals surface area contributed by atoms with Crippen molar-refractivity contribution < 1.29 is 0 Å². The van der Waals surface area contributed by atoms with Crippen LogP contribution >= 0.6 is 0 Å². The van der Waals surface area contributed by atoms with E-state index in [9.17, 15) is 0 Å². The molecule has 1 aromatic carbocycles. The van der Waals surface area contributed by atoms with E-state index in [4.69, 9.17) is 0 Å². The number of benzene rings is 1. The molecule has 0 radical (unpaired) electrons. The van der Waals surface area contributed by atoms with Crippen molar-refractivity contribution in [3.63, 3.8) is 0 Å². The number of nitrogens with one attached hydrogen (secondary N) is 2. The minimum absolute atomic E-state index is 0.267.